The van der Waals surface area contributed by atoms with Gasteiger partial charge in [0.1, 0.15) is 5.75 Å². The summed E-state index contributed by atoms with van der Waals surface area (Å²) in [5.74, 6) is 0.403. The number of amides is 3. The molecule has 4 aliphatic heterocycles. The van der Waals surface area contributed by atoms with E-state index in [1.807, 2.05) is 59.1 Å². The Balaban J connectivity index is 0.790. The average molecular weight is 810 g/mol. The van der Waals surface area contributed by atoms with Crippen molar-refractivity contribution in [1.29, 1.82) is 0 Å². The monoisotopic (exact) mass is 809 g/mol. The van der Waals surface area contributed by atoms with Gasteiger partial charge in [-0.3, -0.25) is 19.7 Å². The number of fused-ring (bicyclic) bond motifs is 1. The molecular formula is C47H55N9O4. The van der Waals surface area contributed by atoms with Crippen LogP contribution in [0.2, 0.25) is 0 Å². The Morgan fingerprint density at radius 1 is 0.850 bits per heavy atom. The summed E-state index contributed by atoms with van der Waals surface area (Å²) in [7, 11) is 2.01. The second-order valence-electron chi connectivity index (χ2n) is 17.3. The van der Waals surface area contributed by atoms with E-state index in [2.05, 4.69) is 60.5 Å². The molecule has 2 aromatic carbocycles. The molecule has 0 spiro atoms. The van der Waals surface area contributed by atoms with Crippen LogP contribution in [0.4, 0.5) is 11.4 Å². The van der Waals surface area contributed by atoms with Gasteiger partial charge in [-0.1, -0.05) is 30.3 Å². The van der Waals surface area contributed by atoms with E-state index in [4.69, 9.17) is 5.10 Å². The van der Waals surface area contributed by atoms with Gasteiger partial charge in [-0.2, -0.15) is 15.3 Å². The molecule has 2 N–H and O–H groups in total. The van der Waals surface area contributed by atoms with E-state index in [0.29, 0.717) is 55.9 Å². The summed E-state index contributed by atoms with van der Waals surface area (Å²) >= 11 is 0. The first kappa shape index (κ1) is 39.6. The molecular weight excluding hydrogens is 755 g/mol. The zero-order chi connectivity index (χ0) is 41.2. The van der Waals surface area contributed by atoms with E-state index in [1.165, 1.54) is 24.9 Å². The number of piperidine rings is 4. The summed E-state index contributed by atoms with van der Waals surface area (Å²) in [6.07, 6.45) is 11.4. The number of para-hydroxylation sites is 1. The minimum atomic E-state index is -0.750. The van der Waals surface area contributed by atoms with Crippen molar-refractivity contribution in [3.8, 4) is 17.0 Å². The Kier molecular flexibility index (Phi) is 11.3. The molecule has 4 fully saturated rings. The van der Waals surface area contributed by atoms with Gasteiger partial charge < -0.3 is 24.7 Å². The molecule has 60 heavy (non-hydrogen) atoms. The number of imide groups is 1. The van der Waals surface area contributed by atoms with Crippen LogP contribution in [0.5, 0.6) is 5.75 Å². The van der Waals surface area contributed by atoms with Crippen LogP contribution in [-0.4, -0.2) is 111 Å². The molecule has 7 heterocycles. The minimum Gasteiger partial charge on any atom is -0.507 e. The lowest BCUT2D eigenvalue weighted by molar-refractivity contribution is -0.140. The van der Waals surface area contributed by atoms with E-state index in [0.717, 1.165) is 68.0 Å². The predicted molar refractivity (Wildman–Crippen MR) is 231 cm³/mol. The zero-order valence-corrected chi connectivity index (χ0v) is 34.5. The SMILES string of the molecule is CN(C(=O)C1(c2cc3ccccn3n2)CCN(c2cnnc(-c3ccccc3O)c2)CC1)C1CCN(CCC2CCN(c3ccc([C@H]4CCC(=O)NC4=O)cc3)CC2)CC1. The van der Waals surface area contributed by atoms with Crippen LogP contribution in [0.25, 0.3) is 16.8 Å². The van der Waals surface area contributed by atoms with Gasteiger partial charge >= 0.3 is 0 Å². The summed E-state index contributed by atoms with van der Waals surface area (Å²) in [4.78, 5) is 48.2. The van der Waals surface area contributed by atoms with Gasteiger partial charge in [0.2, 0.25) is 17.7 Å². The molecule has 13 heteroatoms. The van der Waals surface area contributed by atoms with E-state index < -0.39 is 5.41 Å². The number of hydrogen-bond acceptors (Lipinski definition) is 10. The third-order valence-corrected chi connectivity index (χ3v) is 13.9. The summed E-state index contributed by atoms with van der Waals surface area (Å²) in [5.41, 5.74) is 5.42. The number of carbonyl (C=O) groups excluding carboxylic acids is 3. The molecule has 9 rings (SSSR count). The quantitative estimate of drug-likeness (QED) is 0.167. The van der Waals surface area contributed by atoms with E-state index in [-0.39, 0.29) is 35.4 Å². The number of aromatic nitrogens is 4. The van der Waals surface area contributed by atoms with Crippen LogP contribution in [0, 0.1) is 5.92 Å². The van der Waals surface area contributed by atoms with E-state index in [9.17, 15) is 19.5 Å². The molecule has 0 aliphatic carbocycles. The number of pyridine rings is 1. The van der Waals surface area contributed by atoms with Crippen molar-refractivity contribution in [3.05, 3.63) is 103 Å². The molecule has 312 valence electrons. The number of nitrogens with zero attached hydrogens (tertiary/aromatic N) is 8. The summed E-state index contributed by atoms with van der Waals surface area (Å²) in [6, 6.07) is 25.8. The average Bonchev–Trinajstić information content (AvgIpc) is 3.74. The topological polar surface area (TPSA) is 140 Å². The molecule has 1 atom stereocenters. The lowest BCUT2D eigenvalue weighted by atomic mass is 9.73. The van der Waals surface area contributed by atoms with Crippen molar-refractivity contribution >= 4 is 34.6 Å². The minimum absolute atomic E-state index is 0.157. The zero-order valence-electron chi connectivity index (χ0n) is 34.5. The van der Waals surface area contributed by atoms with Crippen molar-refractivity contribution in [2.75, 3.05) is 62.7 Å². The molecule has 5 aromatic rings. The molecule has 4 saturated heterocycles. The van der Waals surface area contributed by atoms with E-state index in [1.54, 1.807) is 18.3 Å². The summed E-state index contributed by atoms with van der Waals surface area (Å²) in [5, 5.41) is 26.6. The van der Waals surface area contributed by atoms with Crippen LogP contribution in [-0.2, 0) is 19.8 Å². The van der Waals surface area contributed by atoms with Gasteiger partial charge in [-0.15, -0.1) is 0 Å². The number of carbonyl (C=O) groups is 3. The lowest BCUT2D eigenvalue weighted by Crippen LogP contribution is -2.56. The highest BCUT2D eigenvalue weighted by Crippen LogP contribution is 2.40. The number of likely N-dealkylation sites (tertiary alicyclic amines) is 1. The van der Waals surface area contributed by atoms with Crippen molar-refractivity contribution in [2.24, 2.45) is 5.92 Å². The van der Waals surface area contributed by atoms with Gasteiger partial charge in [-0.25, -0.2) is 4.52 Å². The molecule has 0 saturated carbocycles. The number of anilines is 2. The Hall–Kier alpha value is -5.82. The summed E-state index contributed by atoms with van der Waals surface area (Å²) < 4.78 is 1.88. The fourth-order valence-corrected chi connectivity index (χ4v) is 10.1. The molecule has 0 bridgehead atoms. The lowest BCUT2D eigenvalue weighted by Gasteiger charge is -2.45. The maximum Gasteiger partial charge on any atom is 0.235 e. The molecule has 0 unspecified atom stereocenters. The molecule has 13 nitrogen and oxygen atoms in total. The highest BCUT2D eigenvalue weighted by atomic mass is 16.3. The Bertz CT molecular complexity index is 2290. The Morgan fingerprint density at radius 3 is 2.32 bits per heavy atom. The smallest absolute Gasteiger partial charge is 0.235 e. The Labute approximate surface area is 351 Å². The Morgan fingerprint density at radius 2 is 1.58 bits per heavy atom. The fraction of sp³-hybridized carbons (Fsp3) is 0.447. The number of hydrogen-bond donors (Lipinski definition) is 2. The number of nitrogens with one attached hydrogen (secondary N) is 1. The highest BCUT2D eigenvalue weighted by molar-refractivity contribution is 6.01. The fourth-order valence-electron chi connectivity index (χ4n) is 10.1. The normalized spacial score (nSPS) is 20.6. The summed E-state index contributed by atoms with van der Waals surface area (Å²) in [6.45, 7) is 6.45. The molecule has 0 radical (unpaired) electrons. The standard InChI is InChI=1S/C47H55N9O4/c1-52(35-18-24-53(25-19-35)23-15-33-16-26-54(27-17-33)36-11-9-34(10-12-36)39-13-14-44(58)49-45(39)59)46(60)47(43-31-37-6-4-5-22-56(37)51-43)20-28-55(29-21-47)38-30-41(50-48-32-38)40-7-2-3-8-42(40)57/h2-12,22,30-33,35,39,57H,13-21,23-29H2,1H3,(H,49,58,59)/t39-/m1/s1. The largest absolute Gasteiger partial charge is 0.507 e. The molecule has 3 aromatic heterocycles. The van der Waals surface area contributed by atoms with Gasteiger partial charge in [0, 0.05) is 76.2 Å². The number of rotatable bonds is 10. The van der Waals surface area contributed by atoms with Crippen LogP contribution in [0.15, 0.2) is 91.3 Å². The molecule has 3 amide bonds. The van der Waals surface area contributed by atoms with Crippen LogP contribution in [0.1, 0.15) is 75.0 Å². The number of aromatic hydroxyl groups is 1. The van der Waals surface area contributed by atoms with Crippen molar-refractivity contribution in [1.82, 2.24) is 34.9 Å². The number of likely N-dealkylation sites (N-methyl/N-ethyl adjacent to an activating group) is 1. The third kappa shape index (κ3) is 8.07. The van der Waals surface area contributed by atoms with Gasteiger partial charge in [0.25, 0.3) is 0 Å². The number of benzene rings is 2. The van der Waals surface area contributed by atoms with Gasteiger partial charge in [0.15, 0.2) is 0 Å². The first-order chi connectivity index (χ1) is 29.2. The maximum absolute atomic E-state index is 14.9. The number of phenols is 1. The van der Waals surface area contributed by atoms with Gasteiger partial charge in [-0.05, 0) is 118 Å². The molecule has 4 aliphatic rings. The van der Waals surface area contributed by atoms with Crippen molar-refractivity contribution in [3.63, 3.8) is 0 Å². The highest BCUT2D eigenvalue weighted by Gasteiger charge is 2.48. The maximum atomic E-state index is 14.9. The van der Waals surface area contributed by atoms with E-state index >= 15 is 0 Å². The second kappa shape index (κ2) is 17.0. The first-order valence-electron chi connectivity index (χ1n) is 21.7. The first-order valence-corrected chi connectivity index (χ1v) is 21.7. The van der Waals surface area contributed by atoms with Crippen LogP contribution >= 0.6 is 0 Å². The third-order valence-electron chi connectivity index (χ3n) is 13.9. The second-order valence-corrected chi connectivity index (χ2v) is 17.3. The van der Waals surface area contributed by atoms with Crippen LogP contribution in [0.3, 0.4) is 0 Å². The van der Waals surface area contributed by atoms with Crippen LogP contribution < -0.4 is 15.1 Å². The van der Waals surface area contributed by atoms with Crippen molar-refractivity contribution in [2.45, 2.75) is 75.2 Å². The van der Waals surface area contributed by atoms with Crippen molar-refractivity contribution < 1.29 is 19.5 Å². The predicted octanol–water partition coefficient (Wildman–Crippen LogP) is 5.78. The van der Waals surface area contributed by atoms with Gasteiger partial charge in [0.05, 0.1) is 40.1 Å². The number of phenolic OH excluding ortho intramolecular Hbond substituents is 1.